The maximum atomic E-state index is 5.92. The van der Waals surface area contributed by atoms with Gasteiger partial charge in [0, 0.05) is 13.2 Å². The van der Waals surface area contributed by atoms with E-state index in [0.717, 1.165) is 32.4 Å². The van der Waals surface area contributed by atoms with Crippen LogP contribution in [0.2, 0.25) is 0 Å². The van der Waals surface area contributed by atoms with Crippen LogP contribution in [-0.2, 0) is 4.74 Å². The van der Waals surface area contributed by atoms with Crippen LogP contribution in [0.5, 0.6) is 0 Å². The third kappa shape index (κ3) is 5.52. The second-order valence-corrected chi connectivity index (χ2v) is 3.38. The highest BCUT2D eigenvalue weighted by molar-refractivity contribution is 4.68. The van der Waals surface area contributed by atoms with Crippen LogP contribution >= 0.6 is 0 Å². The van der Waals surface area contributed by atoms with Crippen LogP contribution in [0, 0.1) is 5.92 Å². The molecular formula is C9H22N2O. The first kappa shape index (κ1) is 11.9. The molecule has 0 rings (SSSR count). The van der Waals surface area contributed by atoms with Crippen molar-refractivity contribution in [1.29, 1.82) is 0 Å². The van der Waals surface area contributed by atoms with Crippen molar-refractivity contribution < 1.29 is 4.74 Å². The van der Waals surface area contributed by atoms with Gasteiger partial charge < -0.3 is 16.2 Å². The molecule has 0 aromatic carbocycles. The van der Waals surface area contributed by atoms with Crippen molar-refractivity contribution in [3.8, 4) is 0 Å². The Morgan fingerprint density at radius 2 is 2.00 bits per heavy atom. The minimum Gasteiger partial charge on any atom is -0.384 e. The Kier molecular flexibility index (Phi) is 7.45. The summed E-state index contributed by atoms with van der Waals surface area (Å²) >= 11 is 0. The SMILES string of the molecule is COCC(C)C(N)CCCCN. The number of unbranched alkanes of at least 4 members (excludes halogenated alkanes) is 1. The summed E-state index contributed by atoms with van der Waals surface area (Å²) in [6.07, 6.45) is 3.26. The molecule has 2 atom stereocenters. The second kappa shape index (κ2) is 7.53. The van der Waals surface area contributed by atoms with E-state index >= 15 is 0 Å². The van der Waals surface area contributed by atoms with E-state index in [1.807, 2.05) is 0 Å². The number of methoxy groups -OCH3 is 1. The van der Waals surface area contributed by atoms with E-state index in [9.17, 15) is 0 Å². The van der Waals surface area contributed by atoms with Gasteiger partial charge in [0.1, 0.15) is 0 Å². The van der Waals surface area contributed by atoms with Gasteiger partial charge >= 0.3 is 0 Å². The first-order chi connectivity index (χ1) is 5.72. The van der Waals surface area contributed by atoms with E-state index in [-0.39, 0.29) is 6.04 Å². The summed E-state index contributed by atoms with van der Waals surface area (Å²) in [4.78, 5) is 0. The largest absolute Gasteiger partial charge is 0.384 e. The molecule has 0 spiro atoms. The molecule has 3 nitrogen and oxygen atoms in total. The van der Waals surface area contributed by atoms with Crippen LogP contribution in [0.25, 0.3) is 0 Å². The van der Waals surface area contributed by atoms with Gasteiger partial charge in [-0.3, -0.25) is 0 Å². The molecule has 0 saturated heterocycles. The highest BCUT2D eigenvalue weighted by Crippen LogP contribution is 2.08. The summed E-state index contributed by atoms with van der Waals surface area (Å²) in [7, 11) is 1.71. The van der Waals surface area contributed by atoms with Gasteiger partial charge in [0.2, 0.25) is 0 Å². The van der Waals surface area contributed by atoms with E-state index in [1.165, 1.54) is 0 Å². The summed E-state index contributed by atoms with van der Waals surface area (Å²) in [5, 5.41) is 0. The topological polar surface area (TPSA) is 61.3 Å². The lowest BCUT2D eigenvalue weighted by Gasteiger charge is -2.18. The van der Waals surface area contributed by atoms with Gasteiger partial charge in [-0.15, -0.1) is 0 Å². The van der Waals surface area contributed by atoms with Gasteiger partial charge in [-0.25, -0.2) is 0 Å². The zero-order valence-electron chi connectivity index (χ0n) is 8.25. The van der Waals surface area contributed by atoms with E-state index in [4.69, 9.17) is 16.2 Å². The standard InChI is InChI=1S/C9H22N2O/c1-8(7-12-2)9(11)5-3-4-6-10/h8-9H,3-7,10-11H2,1-2H3. The summed E-state index contributed by atoms with van der Waals surface area (Å²) in [5.74, 6) is 0.452. The number of hydrogen-bond acceptors (Lipinski definition) is 3. The van der Waals surface area contributed by atoms with Gasteiger partial charge in [0.05, 0.1) is 6.61 Å². The van der Waals surface area contributed by atoms with E-state index < -0.39 is 0 Å². The van der Waals surface area contributed by atoms with Crippen LogP contribution in [0.1, 0.15) is 26.2 Å². The monoisotopic (exact) mass is 174 g/mol. The molecule has 0 bridgehead atoms. The minimum atomic E-state index is 0.261. The normalized spacial score (nSPS) is 16.0. The Morgan fingerprint density at radius 1 is 1.33 bits per heavy atom. The summed E-state index contributed by atoms with van der Waals surface area (Å²) in [6.45, 7) is 3.64. The second-order valence-electron chi connectivity index (χ2n) is 3.38. The lowest BCUT2D eigenvalue weighted by Crippen LogP contribution is -2.31. The van der Waals surface area contributed by atoms with Crippen LogP contribution in [-0.4, -0.2) is 26.3 Å². The highest BCUT2D eigenvalue weighted by atomic mass is 16.5. The average Bonchev–Trinajstić information content (AvgIpc) is 2.05. The Balaban J connectivity index is 3.35. The molecule has 0 amide bonds. The molecule has 12 heavy (non-hydrogen) atoms. The van der Waals surface area contributed by atoms with Gasteiger partial charge in [0.15, 0.2) is 0 Å². The third-order valence-electron chi connectivity index (χ3n) is 2.15. The van der Waals surface area contributed by atoms with Gasteiger partial charge in [-0.2, -0.15) is 0 Å². The maximum absolute atomic E-state index is 5.92. The smallest absolute Gasteiger partial charge is 0.0502 e. The van der Waals surface area contributed by atoms with E-state index in [2.05, 4.69) is 6.92 Å². The minimum absolute atomic E-state index is 0.261. The molecule has 0 aromatic rings. The molecule has 0 heterocycles. The number of ether oxygens (including phenoxy) is 1. The zero-order valence-corrected chi connectivity index (χ0v) is 8.25. The molecular weight excluding hydrogens is 152 g/mol. The molecule has 4 N–H and O–H groups in total. The third-order valence-corrected chi connectivity index (χ3v) is 2.15. The first-order valence-corrected chi connectivity index (χ1v) is 4.67. The predicted molar refractivity (Wildman–Crippen MR) is 51.9 cm³/mol. The van der Waals surface area contributed by atoms with Crippen molar-refractivity contribution in [3.63, 3.8) is 0 Å². The molecule has 2 unspecified atom stereocenters. The van der Waals surface area contributed by atoms with E-state index in [1.54, 1.807) is 7.11 Å². The highest BCUT2D eigenvalue weighted by Gasteiger charge is 2.11. The fourth-order valence-electron chi connectivity index (χ4n) is 1.20. The Morgan fingerprint density at radius 3 is 2.50 bits per heavy atom. The van der Waals surface area contributed by atoms with Crippen molar-refractivity contribution >= 4 is 0 Å². The maximum Gasteiger partial charge on any atom is 0.0502 e. The van der Waals surface area contributed by atoms with Gasteiger partial charge in [-0.1, -0.05) is 13.3 Å². The van der Waals surface area contributed by atoms with Crippen molar-refractivity contribution in [2.24, 2.45) is 17.4 Å². The lowest BCUT2D eigenvalue weighted by atomic mass is 9.98. The van der Waals surface area contributed by atoms with Crippen LogP contribution < -0.4 is 11.5 Å². The Labute approximate surface area is 75.5 Å². The van der Waals surface area contributed by atoms with Crippen LogP contribution in [0.4, 0.5) is 0 Å². The molecule has 0 aliphatic carbocycles. The first-order valence-electron chi connectivity index (χ1n) is 4.67. The zero-order chi connectivity index (χ0) is 9.40. The van der Waals surface area contributed by atoms with Crippen LogP contribution in [0.3, 0.4) is 0 Å². The fourth-order valence-corrected chi connectivity index (χ4v) is 1.20. The molecule has 74 valence electrons. The molecule has 0 fully saturated rings. The quantitative estimate of drug-likeness (QED) is 0.559. The Hall–Kier alpha value is -0.120. The van der Waals surface area contributed by atoms with Crippen molar-refractivity contribution in [2.45, 2.75) is 32.2 Å². The molecule has 3 heteroatoms. The Bertz CT molecular complexity index is 98.5. The van der Waals surface area contributed by atoms with Gasteiger partial charge in [0.25, 0.3) is 0 Å². The molecule has 0 aromatic heterocycles. The van der Waals surface area contributed by atoms with Gasteiger partial charge in [-0.05, 0) is 25.3 Å². The van der Waals surface area contributed by atoms with E-state index in [0.29, 0.717) is 5.92 Å². The summed E-state index contributed by atoms with van der Waals surface area (Å²) in [6, 6.07) is 0.261. The summed E-state index contributed by atoms with van der Waals surface area (Å²) < 4.78 is 5.03. The number of hydrogen-bond donors (Lipinski definition) is 2. The predicted octanol–water partition coefficient (Wildman–Crippen LogP) is 0.725. The van der Waals surface area contributed by atoms with Crippen molar-refractivity contribution in [1.82, 2.24) is 0 Å². The number of rotatable bonds is 7. The number of nitrogens with two attached hydrogens (primary N) is 2. The molecule has 0 aliphatic heterocycles. The summed E-state index contributed by atoms with van der Waals surface area (Å²) in [5.41, 5.74) is 11.3. The lowest BCUT2D eigenvalue weighted by molar-refractivity contribution is 0.145. The molecule has 0 saturated carbocycles. The fraction of sp³-hybridized carbons (Fsp3) is 1.00. The molecule has 0 aliphatic rings. The van der Waals surface area contributed by atoms with Crippen LogP contribution in [0.15, 0.2) is 0 Å². The molecule has 0 radical (unpaired) electrons. The average molecular weight is 174 g/mol. The van der Waals surface area contributed by atoms with Crippen molar-refractivity contribution in [2.75, 3.05) is 20.3 Å². The van der Waals surface area contributed by atoms with Crippen molar-refractivity contribution in [3.05, 3.63) is 0 Å².